The van der Waals surface area contributed by atoms with E-state index in [2.05, 4.69) is 42.6 Å². The monoisotopic (exact) mass is 457 g/mol. The zero-order chi connectivity index (χ0) is 23.6. The number of carbonyl (C=O) groups is 1. The molecule has 0 spiro atoms. The van der Waals surface area contributed by atoms with Gasteiger partial charge in [-0.05, 0) is 62.4 Å². The predicted octanol–water partition coefficient (Wildman–Crippen LogP) is 1.82. The lowest BCUT2D eigenvalue weighted by Gasteiger charge is -2.44. The zero-order valence-corrected chi connectivity index (χ0v) is 20.2. The van der Waals surface area contributed by atoms with Crippen LogP contribution in [0.2, 0.25) is 0 Å². The summed E-state index contributed by atoms with van der Waals surface area (Å²) in [4.78, 5) is 24.7. The van der Waals surface area contributed by atoms with Crippen molar-refractivity contribution in [3.8, 4) is 0 Å². The number of aromatic nitrogens is 6. The number of hydrogen-bond donors (Lipinski definition) is 1. The summed E-state index contributed by atoms with van der Waals surface area (Å²) >= 11 is 0. The summed E-state index contributed by atoms with van der Waals surface area (Å²) in [6.07, 6.45) is 6.27. The van der Waals surface area contributed by atoms with E-state index in [-0.39, 0.29) is 11.6 Å². The van der Waals surface area contributed by atoms with E-state index in [4.69, 9.17) is 4.74 Å². The average molecular weight is 458 g/mol. The molecule has 1 aliphatic heterocycles. The van der Waals surface area contributed by atoms with E-state index in [1.165, 1.54) is 0 Å². The van der Waals surface area contributed by atoms with Crippen molar-refractivity contribution in [1.82, 2.24) is 40.4 Å². The normalized spacial score (nSPS) is 23.4. The summed E-state index contributed by atoms with van der Waals surface area (Å²) < 4.78 is 7.29. The van der Waals surface area contributed by atoms with Crippen molar-refractivity contribution in [2.75, 3.05) is 31.6 Å². The van der Waals surface area contributed by atoms with Gasteiger partial charge in [0.2, 0.25) is 5.95 Å². The maximum atomic E-state index is 12.3. The first kappa shape index (κ1) is 23.3. The number of nitrogens with one attached hydrogen (secondary N) is 1. The van der Waals surface area contributed by atoms with Crippen molar-refractivity contribution in [1.29, 1.82) is 0 Å². The van der Waals surface area contributed by atoms with Crippen LogP contribution in [0.4, 0.5) is 10.7 Å². The number of tetrazole rings is 1. The number of amides is 1. The van der Waals surface area contributed by atoms with Crippen LogP contribution in [0, 0.1) is 5.92 Å². The molecule has 1 saturated heterocycles. The van der Waals surface area contributed by atoms with E-state index in [1.807, 2.05) is 31.5 Å². The number of hydrogen-bond acceptors (Lipinski definition) is 9. The minimum absolute atomic E-state index is 0.276. The Bertz CT molecular complexity index is 939. The van der Waals surface area contributed by atoms with Crippen LogP contribution in [0.15, 0.2) is 18.5 Å². The van der Waals surface area contributed by atoms with Crippen molar-refractivity contribution in [2.24, 2.45) is 5.92 Å². The molecule has 1 aliphatic carbocycles. The maximum absolute atomic E-state index is 12.3. The molecule has 4 rings (SSSR count). The van der Waals surface area contributed by atoms with Gasteiger partial charge < -0.3 is 14.5 Å². The van der Waals surface area contributed by atoms with Crippen LogP contribution in [-0.2, 0) is 16.8 Å². The van der Waals surface area contributed by atoms with E-state index >= 15 is 0 Å². The molecular weight excluding hydrogens is 422 g/mol. The fourth-order valence-electron chi connectivity index (χ4n) is 4.64. The molecule has 11 heteroatoms. The standard InChI is InChI=1S/C22H35N9O2/c1-16-7-8-22(13-16,25-17-14-30(15-17)19-23-9-6-10-24-19)18-26-27-28-31(18)12-11-29(5)20(32)33-21(2,3)4/h6,9-10,16-17,25H,7-8,11-15H2,1-5H3/t16-,22?/m0/s1. The van der Waals surface area contributed by atoms with Gasteiger partial charge in [0, 0.05) is 45.1 Å². The minimum Gasteiger partial charge on any atom is -0.444 e. The predicted molar refractivity (Wildman–Crippen MR) is 123 cm³/mol. The highest BCUT2D eigenvalue weighted by molar-refractivity contribution is 5.67. The highest BCUT2D eigenvalue weighted by Gasteiger charge is 2.46. The Morgan fingerprint density at radius 3 is 2.67 bits per heavy atom. The number of likely N-dealkylation sites (N-methyl/N-ethyl adjacent to an activating group) is 1. The molecule has 2 fully saturated rings. The van der Waals surface area contributed by atoms with Crippen LogP contribution in [-0.4, -0.2) is 79.5 Å². The zero-order valence-electron chi connectivity index (χ0n) is 20.2. The molecule has 1 N–H and O–H groups in total. The number of rotatable bonds is 7. The van der Waals surface area contributed by atoms with Gasteiger partial charge in [-0.15, -0.1) is 5.10 Å². The minimum atomic E-state index is -0.527. The Labute approximate surface area is 194 Å². The van der Waals surface area contributed by atoms with Crippen LogP contribution in [0.3, 0.4) is 0 Å². The van der Waals surface area contributed by atoms with Crippen molar-refractivity contribution in [3.05, 3.63) is 24.3 Å². The molecule has 1 unspecified atom stereocenters. The van der Waals surface area contributed by atoms with Crippen LogP contribution < -0.4 is 10.2 Å². The van der Waals surface area contributed by atoms with Gasteiger partial charge in [0.15, 0.2) is 5.82 Å². The quantitative estimate of drug-likeness (QED) is 0.665. The largest absolute Gasteiger partial charge is 0.444 e. The Balaban J connectivity index is 1.41. The number of ether oxygens (including phenoxy) is 1. The van der Waals surface area contributed by atoms with Gasteiger partial charge in [-0.3, -0.25) is 5.32 Å². The van der Waals surface area contributed by atoms with Crippen molar-refractivity contribution in [3.63, 3.8) is 0 Å². The molecule has 2 aliphatic rings. The first-order valence-electron chi connectivity index (χ1n) is 11.7. The maximum Gasteiger partial charge on any atom is 0.410 e. The summed E-state index contributed by atoms with van der Waals surface area (Å²) in [5.74, 6) is 2.19. The second kappa shape index (κ2) is 9.20. The molecule has 2 aromatic rings. The van der Waals surface area contributed by atoms with Gasteiger partial charge in [0.1, 0.15) is 5.60 Å². The third-order valence-electron chi connectivity index (χ3n) is 6.27. The van der Waals surface area contributed by atoms with Crippen LogP contribution in [0.1, 0.15) is 52.8 Å². The SMILES string of the molecule is C[C@H]1CCC(NC2CN(c3ncccn3)C2)(c2nnnn2CCN(C)C(=O)OC(C)(C)C)C1. The average Bonchev–Trinajstić information content (AvgIpc) is 3.35. The third-order valence-corrected chi connectivity index (χ3v) is 6.27. The lowest BCUT2D eigenvalue weighted by molar-refractivity contribution is 0.0291. The molecular formula is C22H35N9O2. The van der Waals surface area contributed by atoms with Crippen LogP contribution in [0.25, 0.3) is 0 Å². The first-order valence-corrected chi connectivity index (χ1v) is 11.7. The summed E-state index contributed by atoms with van der Waals surface area (Å²) in [6.45, 7) is 10.5. The Morgan fingerprint density at radius 2 is 2.03 bits per heavy atom. The van der Waals surface area contributed by atoms with E-state index in [0.717, 1.165) is 44.1 Å². The Kier molecular flexibility index (Phi) is 6.51. The van der Waals surface area contributed by atoms with Crippen molar-refractivity contribution in [2.45, 2.75) is 70.7 Å². The molecule has 180 valence electrons. The highest BCUT2D eigenvalue weighted by atomic mass is 16.6. The third kappa shape index (κ3) is 5.40. The van der Waals surface area contributed by atoms with Crippen LogP contribution >= 0.6 is 0 Å². The van der Waals surface area contributed by atoms with Crippen molar-refractivity contribution >= 4 is 12.0 Å². The second-order valence-electron chi connectivity index (χ2n) is 10.4. The van der Waals surface area contributed by atoms with Gasteiger partial charge in [-0.1, -0.05) is 6.92 Å². The summed E-state index contributed by atoms with van der Waals surface area (Å²) in [5, 5.41) is 16.6. The molecule has 2 atom stereocenters. The molecule has 1 saturated carbocycles. The fourth-order valence-corrected chi connectivity index (χ4v) is 4.64. The van der Waals surface area contributed by atoms with Gasteiger partial charge >= 0.3 is 6.09 Å². The highest BCUT2D eigenvalue weighted by Crippen LogP contribution is 2.42. The Hall–Kier alpha value is -2.82. The summed E-state index contributed by atoms with van der Waals surface area (Å²) in [5.41, 5.74) is -0.803. The van der Waals surface area contributed by atoms with E-state index in [9.17, 15) is 4.79 Å². The van der Waals surface area contributed by atoms with E-state index < -0.39 is 5.60 Å². The molecule has 33 heavy (non-hydrogen) atoms. The fraction of sp³-hybridized carbons (Fsp3) is 0.727. The molecule has 0 aromatic carbocycles. The smallest absolute Gasteiger partial charge is 0.410 e. The lowest BCUT2D eigenvalue weighted by Crippen LogP contribution is -2.63. The van der Waals surface area contributed by atoms with Gasteiger partial charge in [0.05, 0.1) is 12.1 Å². The lowest BCUT2D eigenvalue weighted by atomic mass is 9.92. The Morgan fingerprint density at radius 1 is 1.30 bits per heavy atom. The molecule has 3 heterocycles. The number of carbonyl (C=O) groups excluding carboxylic acids is 1. The van der Waals surface area contributed by atoms with E-state index in [1.54, 1.807) is 24.3 Å². The summed E-state index contributed by atoms with van der Waals surface area (Å²) in [6, 6.07) is 2.14. The molecule has 11 nitrogen and oxygen atoms in total. The molecule has 2 aromatic heterocycles. The first-order chi connectivity index (χ1) is 15.7. The van der Waals surface area contributed by atoms with Gasteiger partial charge in [-0.2, -0.15) is 0 Å². The van der Waals surface area contributed by atoms with Gasteiger partial charge in [-0.25, -0.2) is 19.4 Å². The number of anilines is 1. The molecule has 0 bridgehead atoms. The van der Waals surface area contributed by atoms with Crippen molar-refractivity contribution < 1.29 is 9.53 Å². The second-order valence-corrected chi connectivity index (χ2v) is 10.4. The summed E-state index contributed by atoms with van der Waals surface area (Å²) in [7, 11) is 1.73. The molecule has 0 radical (unpaired) electrons. The number of nitrogens with zero attached hydrogens (tertiary/aromatic N) is 8. The topological polar surface area (TPSA) is 114 Å². The van der Waals surface area contributed by atoms with Gasteiger partial charge in [0.25, 0.3) is 0 Å². The van der Waals surface area contributed by atoms with Crippen LogP contribution in [0.5, 0.6) is 0 Å². The molecule has 1 amide bonds. The van der Waals surface area contributed by atoms with E-state index in [0.29, 0.717) is 25.0 Å².